The zero-order valence-corrected chi connectivity index (χ0v) is 7.62. The molecule has 0 bridgehead atoms. The van der Waals surface area contributed by atoms with Crippen LogP contribution >= 0.6 is 0 Å². The van der Waals surface area contributed by atoms with E-state index >= 15 is 0 Å². The van der Waals surface area contributed by atoms with Crippen molar-refractivity contribution in [3.8, 4) is 0 Å². The molecule has 0 aromatic carbocycles. The Kier molecular flexibility index (Phi) is 6.44. The average Bonchev–Trinajstić information content (AvgIpc) is 1.41. The Bertz CT molecular complexity index is 11.1. The van der Waals surface area contributed by atoms with E-state index in [0.29, 0.717) is 0 Å². The van der Waals surface area contributed by atoms with E-state index in [1.807, 2.05) is 0 Å². The Hall–Kier alpha value is 1.19. The summed E-state index contributed by atoms with van der Waals surface area (Å²) in [6, 6.07) is 0. The molecule has 29 valence electrons. The van der Waals surface area contributed by atoms with Gasteiger partial charge in [-0.1, -0.05) is 0 Å². The van der Waals surface area contributed by atoms with Crippen LogP contribution in [0.25, 0.3) is 0 Å². The molecule has 0 aliphatic carbocycles. The van der Waals surface area contributed by atoms with Gasteiger partial charge >= 0.3 is 51.4 Å². The first-order chi connectivity index (χ1) is 2.41. The van der Waals surface area contributed by atoms with E-state index in [1.54, 1.807) is 5.65 Å². The Balaban J connectivity index is 2.19. The summed E-state index contributed by atoms with van der Waals surface area (Å²) in [7, 11) is 0. The molecule has 0 radical (unpaired) electrons. The van der Waals surface area contributed by atoms with Crippen molar-refractivity contribution < 1.29 is 31.9 Å². The van der Waals surface area contributed by atoms with Gasteiger partial charge in [-0.2, -0.15) is 0 Å². The standard InChI is InChI=1S/2C2H5.La/c2*1-2;/h2*1H2,2H3;. The third kappa shape index (κ3) is 5.19. The molecule has 0 rings (SSSR count). The zero-order chi connectivity index (χ0) is 4.12. The summed E-state index contributed by atoms with van der Waals surface area (Å²) in [6.45, 7) is 4.61. The molecular formula is C4H10La. The van der Waals surface area contributed by atoms with Gasteiger partial charge in [0.2, 0.25) is 0 Å². The second kappa shape index (κ2) is 5.19. The minimum atomic E-state index is -0.0463. The Morgan fingerprint density at radius 1 is 1.20 bits per heavy atom. The van der Waals surface area contributed by atoms with Crippen LogP contribution in [0.2, 0.25) is 5.65 Å². The van der Waals surface area contributed by atoms with Crippen molar-refractivity contribution in [2.45, 2.75) is 19.5 Å². The van der Waals surface area contributed by atoms with Crippen LogP contribution in [0, 0.1) is 31.9 Å². The van der Waals surface area contributed by atoms with Gasteiger partial charge in [-0.15, -0.1) is 0 Å². The number of hydrogen-bond acceptors (Lipinski definition) is 0. The molecule has 0 atom stereocenters. The van der Waals surface area contributed by atoms with Crippen molar-refractivity contribution in [2.75, 3.05) is 0 Å². The summed E-state index contributed by atoms with van der Waals surface area (Å²) >= 11 is -0.0463. The first kappa shape index (κ1) is 6.19. The van der Waals surface area contributed by atoms with Gasteiger partial charge < -0.3 is 0 Å². The fraction of sp³-hybridized carbons (Fsp3) is 1.00. The molecule has 0 heterocycles. The van der Waals surface area contributed by atoms with Crippen molar-refractivity contribution in [1.82, 2.24) is 0 Å². The van der Waals surface area contributed by atoms with E-state index in [1.165, 1.54) is 0 Å². The van der Waals surface area contributed by atoms with Crippen LogP contribution in [0.15, 0.2) is 0 Å². The van der Waals surface area contributed by atoms with Crippen LogP contribution in [0.3, 0.4) is 0 Å². The summed E-state index contributed by atoms with van der Waals surface area (Å²) in [5, 5.41) is 0. The Labute approximate surface area is 51.0 Å². The average molecular weight is 197 g/mol. The summed E-state index contributed by atoms with van der Waals surface area (Å²) in [5.74, 6) is 0. The van der Waals surface area contributed by atoms with Crippen LogP contribution in [0.1, 0.15) is 13.8 Å². The summed E-state index contributed by atoms with van der Waals surface area (Å²) in [4.78, 5) is 0. The first-order valence-electron chi connectivity index (χ1n) is 2.23. The van der Waals surface area contributed by atoms with Crippen LogP contribution < -0.4 is 0 Å². The number of hydrogen-bond donors (Lipinski definition) is 0. The molecule has 0 aromatic heterocycles. The Morgan fingerprint density at radius 2 is 1.60 bits per heavy atom. The third-order valence-electron chi connectivity index (χ3n) is 0.577. The molecule has 0 saturated carbocycles. The predicted octanol–water partition coefficient (Wildman–Crippen LogP) is 1.95. The maximum absolute atomic E-state index is 2.30. The third-order valence-corrected chi connectivity index (χ3v) is 4.20. The zero-order valence-electron chi connectivity index (χ0n) is 3.99. The summed E-state index contributed by atoms with van der Waals surface area (Å²) in [5.41, 5.74) is 0. The SMILES string of the molecule is C[CH2][La][CH2]C. The molecule has 0 saturated heterocycles. The first-order valence-corrected chi connectivity index (χ1v) is 7.36. The van der Waals surface area contributed by atoms with E-state index in [-0.39, 0.29) is 31.9 Å². The van der Waals surface area contributed by atoms with Crippen molar-refractivity contribution >= 4 is 0 Å². The molecular weight excluding hydrogens is 187 g/mol. The molecule has 0 amide bonds. The molecule has 0 aliphatic rings. The molecule has 1 heteroatoms. The number of rotatable bonds is 2. The van der Waals surface area contributed by atoms with Crippen LogP contribution in [0.4, 0.5) is 0 Å². The van der Waals surface area contributed by atoms with Crippen molar-refractivity contribution in [3.63, 3.8) is 0 Å². The molecule has 0 N–H and O–H groups in total. The Morgan fingerprint density at radius 3 is 1.60 bits per heavy atom. The van der Waals surface area contributed by atoms with Gasteiger partial charge in [0.25, 0.3) is 0 Å². The van der Waals surface area contributed by atoms with Gasteiger partial charge in [0.15, 0.2) is 0 Å². The monoisotopic (exact) mass is 197 g/mol. The minimum absolute atomic E-state index is 0.0463. The van der Waals surface area contributed by atoms with E-state index in [9.17, 15) is 0 Å². The van der Waals surface area contributed by atoms with Gasteiger partial charge in [0.1, 0.15) is 0 Å². The molecule has 0 nitrogen and oxygen atoms in total. The van der Waals surface area contributed by atoms with Crippen LogP contribution in [-0.2, 0) is 0 Å². The molecule has 0 spiro atoms. The van der Waals surface area contributed by atoms with Gasteiger partial charge in [0, 0.05) is 0 Å². The summed E-state index contributed by atoms with van der Waals surface area (Å²) in [6.07, 6.45) is 0. The van der Waals surface area contributed by atoms with Gasteiger partial charge in [-0.05, 0) is 0 Å². The van der Waals surface area contributed by atoms with Crippen molar-refractivity contribution in [2.24, 2.45) is 0 Å². The molecule has 0 aromatic rings. The van der Waals surface area contributed by atoms with E-state index < -0.39 is 0 Å². The molecule has 5 heavy (non-hydrogen) atoms. The van der Waals surface area contributed by atoms with E-state index in [2.05, 4.69) is 13.8 Å². The van der Waals surface area contributed by atoms with Crippen molar-refractivity contribution in [3.05, 3.63) is 0 Å². The predicted molar refractivity (Wildman–Crippen MR) is 21.0 cm³/mol. The fourth-order valence-corrected chi connectivity index (χ4v) is 2.10. The van der Waals surface area contributed by atoms with E-state index in [4.69, 9.17) is 0 Å². The molecule has 0 aliphatic heterocycles. The molecule has 0 unspecified atom stereocenters. The van der Waals surface area contributed by atoms with E-state index in [0.717, 1.165) is 0 Å². The second-order valence-corrected chi connectivity index (χ2v) is 8.05. The maximum atomic E-state index is 2.30. The fourth-order valence-electron chi connectivity index (χ4n) is 0.289. The topological polar surface area (TPSA) is 0 Å². The van der Waals surface area contributed by atoms with Gasteiger partial charge in [-0.3, -0.25) is 0 Å². The normalized spacial score (nSPS) is 6.80. The molecule has 0 fully saturated rings. The van der Waals surface area contributed by atoms with Crippen LogP contribution in [-0.4, -0.2) is 0 Å². The second-order valence-electron chi connectivity index (χ2n) is 1.11. The van der Waals surface area contributed by atoms with Gasteiger partial charge in [0.05, 0.1) is 0 Å². The van der Waals surface area contributed by atoms with Gasteiger partial charge in [-0.25, -0.2) is 0 Å². The quantitative estimate of drug-likeness (QED) is 0.634. The van der Waals surface area contributed by atoms with Crippen molar-refractivity contribution in [1.29, 1.82) is 0 Å². The summed E-state index contributed by atoms with van der Waals surface area (Å²) < 4.78 is 3.10. The van der Waals surface area contributed by atoms with Crippen LogP contribution in [0.5, 0.6) is 0 Å².